The smallest absolute Gasteiger partial charge is 0.279 e. The number of halogens is 1. The average molecular weight is 393 g/mol. The highest BCUT2D eigenvalue weighted by atomic mass is 19.1. The van der Waals surface area contributed by atoms with Crippen molar-refractivity contribution in [3.8, 4) is 5.75 Å². The molecule has 0 aliphatic heterocycles. The van der Waals surface area contributed by atoms with Gasteiger partial charge in [-0.2, -0.15) is 0 Å². The van der Waals surface area contributed by atoms with E-state index in [4.69, 9.17) is 4.74 Å². The topological polar surface area (TPSA) is 54.9 Å². The number of aryl methyl sites for hydroxylation is 1. The first-order valence-corrected chi connectivity index (χ1v) is 9.71. The molecule has 3 aromatic carbocycles. The predicted octanol–water partition coefficient (Wildman–Crippen LogP) is 3.69. The average Bonchev–Trinajstić information content (AvgIpc) is 2.75. The van der Waals surface area contributed by atoms with Gasteiger partial charge in [0.25, 0.3) is 5.91 Å². The Balaban J connectivity index is 1.76. The second kappa shape index (κ2) is 9.85. The van der Waals surface area contributed by atoms with Gasteiger partial charge in [-0.3, -0.25) is 4.79 Å². The van der Waals surface area contributed by atoms with E-state index in [1.54, 1.807) is 25.3 Å². The summed E-state index contributed by atoms with van der Waals surface area (Å²) in [5.74, 6) is 0.170. The highest BCUT2D eigenvalue weighted by Gasteiger charge is 2.20. The maximum Gasteiger partial charge on any atom is 0.279 e. The number of quaternary nitrogens is 1. The molecule has 0 aliphatic carbocycles. The zero-order valence-electron chi connectivity index (χ0n) is 16.7. The number of nitrogens with one attached hydrogen (secondary N) is 1. The third-order valence-electron chi connectivity index (χ3n) is 4.87. The molecule has 3 rings (SSSR count). The van der Waals surface area contributed by atoms with Crippen molar-refractivity contribution < 1.29 is 19.2 Å². The Morgan fingerprint density at radius 1 is 1.03 bits per heavy atom. The van der Waals surface area contributed by atoms with Crippen molar-refractivity contribution in [3.63, 3.8) is 0 Å². The van der Waals surface area contributed by atoms with Gasteiger partial charge in [-0.05, 0) is 36.2 Å². The molecule has 0 spiro atoms. The number of anilines is 1. The molecule has 0 heterocycles. The molecule has 0 aliphatic rings. The van der Waals surface area contributed by atoms with Crippen molar-refractivity contribution in [2.75, 3.05) is 19.0 Å². The fraction of sp³-hybridized carbons (Fsp3) is 0.208. The first kappa shape index (κ1) is 20.6. The van der Waals surface area contributed by atoms with E-state index in [0.29, 0.717) is 11.4 Å². The van der Waals surface area contributed by atoms with E-state index in [9.17, 15) is 9.18 Å². The van der Waals surface area contributed by atoms with Crippen LogP contribution in [0.3, 0.4) is 0 Å². The Morgan fingerprint density at radius 3 is 2.48 bits per heavy atom. The van der Waals surface area contributed by atoms with Crippen LogP contribution < -0.4 is 15.4 Å². The standard InChI is InChI=1S/C24H25FN2O2/c1-3-17-11-13-18(14-12-17)24(19-7-6-8-20(25)15-19)26-16-23(28)27-21-9-4-5-10-22(21)29-2/h4-15,24,26H,3,16H2,1-2H3,(H,27,28)/p+1/t24-/m1/s1. The van der Waals surface area contributed by atoms with Crippen LogP contribution in [0.5, 0.6) is 5.75 Å². The van der Waals surface area contributed by atoms with Crippen LogP contribution in [0.1, 0.15) is 29.7 Å². The van der Waals surface area contributed by atoms with Gasteiger partial charge in [0, 0.05) is 11.1 Å². The number of ether oxygens (including phenoxy) is 1. The number of benzene rings is 3. The molecule has 0 bridgehead atoms. The number of methoxy groups -OCH3 is 1. The molecule has 3 N–H and O–H groups in total. The van der Waals surface area contributed by atoms with Crippen LogP contribution >= 0.6 is 0 Å². The van der Waals surface area contributed by atoms with E-state index in [-0.39, 0.29) is 24.3 Å². The molecule has 1 amide bonds. The summed E-state index contributed by atoms with van der Waals surface area (Å²) in [7, 11) is 1.57. The number of amides is 1. The molecule has 1 atom stereocenters. The Hall–Kier alpha value is -3.18. The van der Waals surface area contributed by atoms with Crippen LogP contribution in [0.2, 0.25) is 0 Å². The van der Waals surface area contributed by atoms with E-state index < -0.39 is 0 Å². The van der Waals surface area contributed by atoms with E-state index in [2.05, 4.69) is 24.4 Å². The van der Waals surface area contributed by atoms with E-state index in [1.165, 1.54) is 17.7 Å². The van der Waals surface area contributed by atoms with E-state index in [0.717, 1.165) is 17.5 Å². The number of hydrogen-bond donors (Lipinski definition) is 2. The second-order valence-electron chi connectivity index (χ2n) is 6.82. The minimum absolute atomic E-state index is 0.152. The van der Waals surface area contributed by atoms with Crippen molar-refractivity contribution in [1.29, 1.82) is 0 Å². The van der Waals surface area contributed by atoms with Gasteiger partial charge >= 0.3 is 0 Å². The summed E-state index contributed by atoms with van der Waals surface area (Å²) in [5, 5.41) is 4.80. The van der Waals surface area contributed by atoms with Gasteiger partial charge in [-0.15, -0.1) is 0 Å². The first-order chi connectivity index (χ1) is 14.1. The van der Waals surface area contributed by atoms with Gasteiger partial charge in [-0.25, -0.2) is 4.39 Å². The zero-order valence-corrected chi connectivity index (χ0v) is 16.7. The van der Waals surface area contributed by atoms with Crippen LogP contribution in [-0.4, -0.2) is 19.6 Å². The molecule has 4 nitrogen and oxygen atoms in total. The fourth-order valence-corrected chi connectivity index (χ4v) is 3.30. The highest BCUT2D eigenvalue weighted by Crippen LogP contribution is 2.23. The third kappa shape index (κ3) is 5.42. The molecule has 150 valence electrons. The van der Waals surface area contributed by atoms with Crippen molar-refractivity contribution in [2.24, 2.45) is 0 Å². The van der Waals surface area contributed by atoms with Crippen LogP contribution in [0, 0.1) is 5.82 Å². The van der Waals surface area contributed by atoms with Gasteiger partial charge in [-0.1, -0.05) is 55.5 Å². The molecule has 0 radical (unpaired) electrons. The Kier molecular flexibility index (Phi) is 6.98. The summed E-state index contributed by atoms with van der Waals surface area (Å²) < 4.78 is 19.1. The lowest BCUT2D eigenvalue weighted by molar-refractivity contribution is -0.676. The van der Waals surface area contributed by atoms with Crippen LogP contribution in [0.25, 0.3) is 0 Å². The first-order valence-electron chi connectivity index (χ1n) is 9.71. The van der Waals surface area contributed by atoms with E-state index in [1.807, 2.05) is 35.6 Å². The van der Waals surface area contributed by atoms with Crippen molar-refractivity contribution in [3.05, 3.63) is 95.3 Å². The van der Waals surface area contributed by atoms with Crippen molar-refractivity contribution in [2.45, 2.75) is 19.4 Å². The largest absolute Gasteiger partial charge is 0.495 e. The summed E-state index contributed by atoms with van der Waals surface area (Å²) >= 11 is 0. The maximum atomic E-state index is 13.8. The number of rotatable bonds is 8. The molecule has 0 fully saturated rings. The van der Waals surface area contributed by atoms with Gasteiger partial charge in [0.2, 0.25) is 0 Å². The molecule has 0 saturated heterocycles. The van der Waals surface area contributed by atoms with Crippen LogP contribution in [0.4, 0.5) is 10.1 Å². The molecule has 0 saturated carbocycles. The lowest BCUT2D eigenvalue weighted by atomic mass is 9.97. The van der Waals surface area contributed by atoms with Gasteiger partial charge in [0.15, 0.2) is 6.54 Å². The van der Waals surface area contributed by atoms with Gasteiger partial charge < -0.3 is 15.4 Å². The molecular formula is C24H26FN2O2+. The number of hydrogen-bond acceptors (Lipinski definition) is 2. The quantitative estimate of drug-likeness (QED) is 0.613. The Labute approximate surface area is 170 Å². The van der Waals surface area contributed by atoms with Crippen molar-refractivity contribution >= 4 is 11.6 Å². The molecule has 0 aromatic heterocycles. The third-order valence-corrected chi connectivity index (χ3v) is 4.87. The maximum absolute atomic E-state index is 13.8. The number of nitrogens with two attached hydrogens (primary N) is 1. The number of para-hydroxylation sites is 2. The lowest BCUT2D eigenvalue weighted by Crippen LogP contribution is -2.87. The van der Waals surface area contributed by atoms with Gasteiger partial charge in [0.1, 0.15) is 17.6 Å². The molecule has 0 unspecified atom stereocenters. The molecule has 5 heteroatoms. The van der Waals surface area contributed by atoms with Gasteiger partial charge in [0.05, 0.1) is 12.8 Å². The number of carbonyl (C=O) groups is 1. The molecular weight excluding hydrogens is 367 g/mol. The molecule has 3 aromatic rings. The van der Waals surface area contributed by atoms with Crippen LogP contribution in [-0.2, 0) is 11.2 Å². The number of carbonyl (C=O) groups excluding carboxylic acids is 1. The Bertz CT molecular complexity index is 957. The highest BCUT2D eigenvalue weighted by molar-refractivity contribution is 5.92. The van der Waals surface area contributed by atoms with Crippen LogP contribution in [0.15, 0.2) is 72.8 Å². The molecule has 29 heavy (non-hydrogen) atoms. The van der Waals surface area contributed by atoms with Crippen molar-refractivity contribution in [1.82, 2.24) is 0 Å². The second-order valence-corrected chi connectivity index (χ2v) is 6.82. The monoisotopic (exact) mass is 393 g/mol. The summed E-state index contributed by atoms with van der Waals surface area (Å²) in [6.45, 7) is 2.29. The minimum Gasteiger partial charge on any atom is -0.495 e. The van der Waals surface area contributed by atoms with E-state index >= 15 is 0 Å². The fourth-order valence-electron chi connectivity index (χ4n) is 3.30. The SMILES string of the molecule is CCc1ccc([C@@H]([NH2+]CC(=O)Nc2ccccc2OC)c2cccc(F)c2)cc1. The zero-order chi connectivity index (χ0) is 20.6. The normalized spacial score (nSPS) is 11.7. The summed E-state index contributed by atoms with van der Waals surface area (Å²) in [4.78, 5) is 12.5. The lowest BCUT2D eigenvalue weighted by Gasteiger charge is -2.17. The summed E-state index contributed by atoms with van der Waals surface area (Å²) in [6.07, 6.45) is 0.954. The predicted molar refractivity (Wildman–Crippen MR) is 112 cm³/mol. The Morgan fingerprint density at radius 2 is 1.79 bits per heavy atom. The summed E-state index contributed by atoms with van der Waals surface area (Å²) in [6, 6.07) is 21.9. The summed E-state index contributed by atoms with van der Waals surface area (Å²) in [5.41, 5.74) is 3.71. The minimum atomic E-state index is -0.287.